The molecular weight excluding hydrogens is 330 g/mol. The number of hydrogen-bond donors (Lipinski definition) is 2. The summed E-state index contributed by atoms with van der Waals surface area (Å²) in [6.45, 7) is 15.6. The van der Waals surface area contributed by atoms with Gasteiger partial charge in [0.2, 0.25) is 0 Å². The summed E-state index contributed by atoms with van der Waals surface area (Å²) in [6, 6.07) is 0.877. The summed E-state index contributed by atoms with van der Waals surface area (Å²) < 4.78 is 11.0. The number of hydrogen-bond acceptors (Lipinski definition) is 5. The van der Waals surface area contributed by atoms with Gasteiger partial charge in [-0.15, -0.1) is 0 Å². The van der Waals surface area contributed by atoms with Crippen LogP contribution in [0.3, 0.4) is 0 Å². The Bertz CT molecular complexity index is 551. The monoisotopic (exact) mass is 365 g/mol. The number of nitrogens with one attached hydrogen (secondary N) is 2. The van der Waals surface area contributed by atoms with Crippen molar-refractivity contribution in [3.63, 3.8) is 0 Å². The summed E-state index contributed by atoms with van der Waals surface area (Å²) in [4.78, 5) is 7.25. The Labute approximate surface area is 157 Å². The highest BCUT2D eigenvalue weighted by Gasteiger charge is 2.23. The third-order valence-electron chi connectivity index (χ3n) is 4.90. The molecule has 148 valence electrons. The number of ether oxygens (including phenoxy) is 1. The van der Waals surface area contributed by atoms with Crippen LogP contribution in [0.1, 0.15) is 51.6 Å². The van der Waals surface area contributed by atoms with Gasteiger partial charge in [0.05, 0.1) is 25.5 Å². The molecule has 2 atom stereocenters. The van der Waals surface area contributed by atoms with Gasteiger partial charge in [-0.2, -0.15) is 0 Å². The van der Waals surface area contributed by atoms with E-state index in [1.165, 1.54) is 0 Å². The lowest BCUT2D eigenvalue weighted by molar-refractivity contribution is -0.0174. The smallest absolute Gasteiger partial charge is 0.191 e. The Hall–Kier alpha value is -1.60. The van der Waals surface area contributed by atoms with Crippen molar-refractivity contribution in [2.45, 2.75) is 66.1 Å². The molecule has 1 fully saturated rings. The fourth-order valence-electron chi connectivity index (χ4n) is 3.37. The first-order valence-electron chi connectivity index (χ1n) is 9.92. The maximum atomic E-state index is 5.54. The van der Waals surface area contributed by atoms with Gasteiger partial charge in [-0.3, -0.25) is 4.90 Å². The highest BCUT2D eigenvalue weighted by Crippen LogP contribution is 2.16. The van der Waals surface area contributed by atoms with Crippen molar-refractivity contribution in [3.8, 4) is 0 Å². The van der Waals surface area contributed by atoms with Crippen LogP contribution < -0.4 is 10.6 Å². The van der Waals surface area contributed by atoms with Crippen molar-refractivity contribution in [2.75, 3.05) is 32.8 Å². The Morgan fingerprint density at radius 2 is 2.12 bits per heavy atom. The molecule has 0 amide bonds. The molecule has 7 heteroatoms. The lowest BCUT2D eigenvalue weighted by Crippen LogP contribution is -2.53. The minimum Gasteiger partial charge on any atom is -0.379 e. The van der Waals surface area contributed by atoms with E-state index >= 15 is 0 Å². The molecule has 7 nitrogen and oxygen atoms in total. The van der Waals surface area contributed by atoms with Crippen molar-refractivity contribution in [1.29, 1.82) is 0 Å². The van der Waals surface area contributed by atoms with Gasteiger partial charge in [0.1, 0.15) is 5.76 Å². The molecule has 26 heavy (non-hydrogen) atoms. The largest absolute Gasteiger partial charge is 0.379 e. The maximum Gasteiger partial charge on any atom is 0.191 e. The predicted molar refractivity (Wildman–Crippen MR) is 105 cm³/mol. The molecule has 0 bridgehead atoms. The zero-order valence-electron chi connectivity index (χ0n) is 17.0. The second kappa shape index (κ2) is 10.5. The van der Waals surface area contributed by atoms with E-state index in [4.69, 9.17) is 14.3 Å². The third kappa shape index (κ3) is 5.45. The van der Waals surface area contributed by atoms with E-state index in [9.17, 15) is 0 Å². The molecule has 0 spiro atoms. The average molecular weight is 366 g/mol. The van der Waals surface area contributed by atoms with Crippen LogP contribution in [0.25, 0.3) is 0 Å². The van der Waals surface area contributed by atoms with Crippen molar-refractivity contribution >= 4 is 5.96 Å². The molecule has 2 unspecified atom stereocenters. The summed E-state index contributed by atoms with van der Waals surface area (Å²) in [5, 5.41) is 11.0. The van der Waals surface area contributed by atoms with Crippen LogP contribution in [0.4, 0.5) is 0 Å². The van der Waals surface area contributed by atoms with Crippen LogP contribution in [-0.4, -0.2) is 60.9 Å². The van der Waals surface area contributed by atoms with E-state index < -0.39 is 0 Å². The van der Waals surface area contributed by atoms with Crippen molar-refractivity contribution in [3.05, 3.63) is 17.0 Å². The fraction of sp³-hybridized carbons (Fsp3) is 0.789. The lowest BCUT2D eigenvalue weighted by Gasteiger charge is -2.38. The zero-order chi connectivity index (χ0) is 18.9. The van der Waals surface area contributed by atoms with Crippen molar-refractivity contribution < 1.29 is 9.26 Å². The van der Waals surface area contributed by atoms with Gasteiger partial charge < -0.3 is 19.9 Å². The minimum absolute atomic E-state index is 0.422. The first kappa shape index (κ1) is 20.7. The molecule has 1 aliphatic heterocycles. The van der Waals surface area contributed by atoms with Gasteiger partial charge in [-0.05, 0) is 27.2 Å². The van der Waals surface area contributed by atoms with E-state index in [0.29, 0.717) is 18.6 Å². The fourth-order valence-corrected chi connectivity index (χ4v) is 3.37. The quantitative estimate of drug-likeness (QED) is 0.542. The highest BCUT2D eigenvalue weighted by molar-refractivity contribution is 5.79. The van der Waals surface area contributed by atoms with Crippen LogP contribution in [0.15, 0.2) is 9.52 Å². The SMILES string of the molecule is CCNC(=NCc1c(CC)noc1CC)NCC(C)N1CCOCC1C. The summed E-state index contributed by atoms with van der Waals surface area (Å²) in [5.41, 5.74) is 2.14. The zero-order valence-corrected chi connectivity index (χ0v) is 17.0. The number of aryl methyl sites for hydroxylation is 2. The molecule has 0 aromatic carbocycles. The number of aliphatic imine (C=N–C) groups is 1. The molecule has 1 aromatic heterocycles. The van der Waals surface area contributed by atoms with Crippen LogP contribution in [0.2, 0.25) is 0 Å². The normalized spacial score (nSPS) is 20.2. The van der Waals surface area contributed by atoms with Crippen LogP contribution >= 0.6 is 0 Å². The van der Waals surface area contributed by atoms with Gasteiger partial charge in [0, 0.05) is 43.7 Å². The second-order valence-corrected chi connectivity index (χ2v) is 6.82. The lowest BCUT2D eigenvalue weighted by atomic mass is 10.1. The summed E-state index contributed by atoms with van der Waals surface area (Å²) in [5.74, 6) is 1.78. The molecule has 2 N–H and O–H groups in total. The molecule has 2 rings (SSSR count). The number of rotatable bonds is 8. The van der Waals surface area contributed by atoms with E-state index in [0.717, 1.165) is 68.7 Å². The Morgan fingerprint density at radius 1 is 1.31 bits per heavy atom. The molecule has 0 radical (unpaired) electrons. The number of morpholine rings is 1. The minimum atomic E-state index is 0.422. The topological polar surface area (TPSA) is 74.9 Å². The molecule has 0 aliphatic carbocycles. The summed E-state index contributed by atoms with van der Waals surface area (Å²) >= 11 is 0. The summed E-state index contributed by atoms with van der Waals surface area (Å²) in [7, 11) is 0. The predicted octanol–water partition coefficient (Wildman–Crippen LogP) is 1.96. The molecular formula is C19H35N5O2. The Morgan fingerprint density at radius 3 is 2.77 bits per heavy atom. The molecule has 1 aromatic rings. The Balaban J connectivity index is 1.97. The van der Waals surface area contributed by atoms with Crippen LogP contribution in [0.5, 0.6) is 0 Å². The first-order chi connectivity index (χ1) is 12.6. The standard InChI is InChI=1S/C19H35N5O2/c1-6-17-16(18(7-2)26-23-17)12-22-19(20-8-3)21-11-14(4)24-9-10-25-13-15(24)5/h14-15H,6-13H2,1-5H3,(H2,20,21,22). The second-order valence-electron chi connectivity index (χ2n) is 6.82. The molecule has 2 heterocycles. The van der Waals surface area contributed by atoms with E-state index in [1.807, 2.05) is 0 Å². The van der Waals surface area contributed by atoms with Crippen molar-refractivity contribution in [1.82, 2.24) is 20.7 Å². The first-order valence-corrected chi connectivity index (χ1v) is 9.92. The highest BCUT2D eigenvalue weighted by atomic mass is 16.5. The molecule has 1 saturated heterocycles. The van der Waals surface area contributed by atoms with Gasteiger partial charge in [0.15, 0.2) is 5.96 Å². The van der Waals surface area contributed by atoms with Crippen LogP contribution in [0, 0.1) is 0 Å². The number of aromatic nitrogens is 1. The molecule has 1 aliphatic rings. The summed E-state index contributed by atoms with van der Waals surface area (Å²) in [6.07, 6.45) is 1.71. The van der Waals surface area contributed by atoms with E-state index in [-0.39, 0.29) is 0 Å². The Kier molecular flexibility index (Phi) is 8.38. The number of guanidine groups is 1. The van der Waals surface area contributed by atoms with Gasteiger partial charge >= 0.3 is 0 Å². The van der Waals surface area contributed by atoms with Crippen molar-refractivity contribution in [2.24, 2.45) is 4.99 Å². The van der Waals surface area contributed by atoms with Gasteiger partial charge in [0.25, 0.3) is 0 Å². The van der Waals surface area contributed by atoms with E-state index in [2.05, 4.69) is 55.3 Å². The maximum absolute atomic E-state index is 5.54. The molecule has 0 saturated carbocycles. The van der Waals surface area contributed by atoms with Gasteiger partial charge in [-0.25, -0.2) is 4.99 Å². The third-order valence-corrected chi connectivity index (χ3v) is 4.90. The average Bonchev–Trinajstić information content (AvgIpc) is 3.06. The van der Waals surface area contributed by atoms with Gasteiger partial charge in [-0.1, -0.05) is 19.0 Å². The van der Waals surface area contributed by atoms with E-state index in [1.54, 1.807) is 0 Å². The number of nitrogens with zero attached hydrogens (tertiary/aromatic N) is 3. The van der Waals surface area contributed by atoms with Crippen LogP contribution in [-0.2, 0) is 24.1 Å².